The van der Waals surface area contributed by atoms with E-state index in [1.165, 1.54) is 12.1 Å². The Morgan fingerprint density at radius 2 is 2.00 bits per heavy atom. The van der Waals surface area contributed by atoms with Crippen LogP contribution in [0.2, 0.25) is 5.02 Å². The molecule has 2 rings (SSSR count). The fourth-order valence-electron chi connectivity index (χ4n) is 3.23. The first-order valence-electron chi connectivity index (χ1n) is 8.96. The van der Waals surface area contributed by atoms with Gasteiger partial charge in [0, 0.05) is 28.1 Å². The van der Waals surface area contributed by atoms with Gasteiger partial charge >= 0.3 is 5.97 Å². The molecule has 0 fully saturated rings. The van der Waals surface area contributed by atoms with Crippen LogP contribution < -0.4 is 5.73 Å². The molecule has 2 aromatic carbocycles. The maximum absolute atomic E-state index is 14.0. The fourth-order valence-corrected chi connectivity index (χ4v) is 3.40. The van der Waals surface area contributed by atoms with Crippen molar-refractivity contribution in [2.75, 3.05) is 13.2 Å². The third-order valence-corrected chi connectivity index (χ3v) is 5.09. The molecule has 0 amide bonds. The number of nitrogens with zero attached hydrogens (tertiary/aromatic N) is 3. The van der Waals surface area contributed by atoms with Crippen molar-refractivity contribution >= 4 is 17.6 Å². The summed E-state index contributed by atoms with van der Waals surface area (Å²) in [5, 5.41) is 23.0. The quantitative estimate of drug-likeness (QED) is 0.302. The zero-order chi connectivity index (χ0) is 21.4. The molecule has 2 atom stereocenters. The Morgan fingerprint density at radius 1 is 1.31 bits per heavy atom. The second kappa shape index (κ2) is 10.2. The number of aliphatic hydroxyl groups excluding tert-OH is 1. The van der Waals surface area contributed by atoms with Crippen LogP contribution in [0.3, 0.4) is 0 Å². The highest BCUT2D eigenvalue weighted by atomic mass is 35.5. The van der Waals surface area contributed by atoms with E-state index in [2.05, 4.69) is 10.0 Å². The zero-order valence-electron chi connectivity index (χ0n) is 15.6. The lowest BCUT2D eigenvalue weighted by atomic mass is 9.78. The summed E-state index contributed by atoms with van der Waals surface area (Å²) in [5.74, 6) is -1.57. The smallest absolute Gasteiger partial charge is 0.312 e. The first-order chi connectivity index (χ1) is 13.8. The van der Waals surface area contributed by atoms with Gasteiger partial charge in [-0.25, -0.2) is 4.39 Å². The number of carboxylic acid groups (broad SMARTS) is 1. The number of aliphatic hydroxyl groups is 1. The van der Waals surface area contributed by atoms with Gasteiger partial charge in [-0.2, -0.15) is 0 Å². The molecule has 0 spiro atoms. The molecule has 0 heterocycles. The minimum Gasteiger partial charge on any atom is -0.481 e. The van der Waals surface area contributed by atoms with Gasteiger partial charge in [-0.1, -0.05) is 41.0 Å². The van der Waals surface area contributed by atoms with Gasteiger partial charge < -0.3 is 15.9 Å². The maximum atomic E-state index is 14.0. The highest BCUT2D eigenvalue weighted by Gasteiger charge is 2.38. The number of aliphatic carboxylic acids is 1. The zero-order valence-corrected chi connectivity index (χ0v) is 16.4. The molecule has 9 heteroatoms. The first-order valence-corrected chi connectivity index (χ1v) is 9.34. The summed E-state index contributed by atoms with van der Waals surface area (Å²) in [6.45, 7) is -0.653. The van der Waals surface area contributed by atoms with Crippen molar-refractivity contribution < 1.29 is 19.4 Å². The van der Waals surface area contributed by atoms with Crippen LogP contribution in [-0.4, -0.2) is 35.4 Å². The monoisotopic (exact) mass is 420 g/mol. The predicted molar refractivity (Wildman–Crippen MR) is 109 cm³/mol. The van der Waals surface area contributed by atoms with E-state index in [1.807, 2.05) is 0 Å². The number of nitrogens with two attached hydrogens (primary N) is 1. The van der Waals surface area contributed by atoms with Crippen LogP contribution in [-0.2, 0) is 11.2 Å². The number of carbonyl (C=O) groups is 1. The van der Waals surface area contributed by atoms with Crippen LogP contribution >= 0.6 is 11.6 Å². The first kappa shape index (κ1) is 22.6. The lowest BCUT2D eigenvalue weighted by molar-refractivity contribution is -0.152. The standard InChI is InChI=1S/C20H22ClFN4O3/c21-15-5-6-18(22)17(10-15)14-3-1-13(2-4-14)9-16(23)11-20(12-27,19(28)29)7-8-25-26-24/h1-6,10,16,27H,7-9,11-12,23H2,(H,28,29)/t16?,20-/m1/s1. The van der Waals surface area contributed by atoms with E-state index in [4.69, 9.17) is 22.9 Å². The van der Waals surface area contributed by atoms with Crippen molar-refractivity contribution in [1.29, 1.82) is 0 Å². The largest absolute Gasteiger partial charge is 0.481 e. The molecule has 0 aliphatic heterocycles. The number of hydrogen-bond acceptors (Lipinski definition) is 4. The molecule has 0 saturated carbocycles. The van der Waals surface area contributed by atoms with Crippen LogP contribution in [0.5, 0.6) is 0 Å². The fraction of sp³-hybridized carbons (Fsp3) is 0.350. The molecule has 0 aliphatic carbocycles. The molecule has 2 aromatic rings. The minimum absolute atomic E-state index is 0.0103. The normalized spacial score (nSPS) is 13.9. The average molecular weight is 421 g/mol. The number of hydrogen-bond donors (Lipinski definition) is 3. The molecule has 0 aliphatic rings. The predicted octanol–water partition coefficient (Wildman–Crippen LogP) is 4.17. The topological polar surface area (TPSA) is 132 Å². The van der Waals surface area contributed by atoms with Gasteiger partial charge in [-0.3, -0.25) is 4.79 Å². The number of rotatable bonds is 10. The maximum Gasteiger partial charge on any atom is 0.312 e. The van der Waals surface area contributed by atoms with Crippen molar-refractivity contribution in [3.05, 3.63) is 69.3 Å². The van der Waals surface area contributed by atoms with Gasteiger partial charge in [0.05, 0.1) is 12.0 Å². The van der Waals surface area contributed by atoms with E-state index >= 15 is 0 Å². The Labute approximate surface area is 172 Å². The molecule has 7 nitrogen and oxygen atoms in total. The van der Waals surface area contributed by atoms with Gasteiger partial charge in [0.2, 0.25) is 0 Å². The average Bonchev–Trinajstić information content (AvgIpc) is 2.69. The van der Waals surface area contributed by atoms with Crippen LogP contribution in [0.25, 0.3) is 21.6 Å². The summed E-state index contributed by atoms with van der Waals surface area (Å²) in [7, 11) is 0. The number of azide groups is 1. The minimum atomic E-state index is -1.47. The Hall–Kier alpha value is -2.64. The lowest BCUT2D eigenvalue weighted by Gasteiger charge is -2.29. The summed E-state index contributed by atoms with van der Waals surface area (Å²) in [5.41, 5.74) is 14.9. The number of carboxylic acids is 1. The molecule has 4 N–H and O–H groups in total. The van der Waals surface area contributed by atoms with Crippen LogP contribution in [0.15, 0.2) is 47.6 Å². The molecule has 0 bridgehead atoms. The second-order valence-electron chi connectivity index (χ2n) is 6.94. The van der Waals surface area contributed by atoms with E-state index in [0.717, 1.165) is 5.56 Å². The molecule has 29 heavy (non-hydrogen) atoms. The Kier molecular flexibility index (Phi) is 7.99. The molecular weight excluding hydrogens is 399 g/mol. The summed E-state index contributed by atoms with van der Waals surface area (Å²) in [4.78, 5) is 14.3. The highest BCUT2D eigenvalue weighted by molar-refractivity contribution is 6.30. The van der Waals surface area contributed by atoms with Crippen molar-refractivity contribution in [3.63, 3.8) is 0 Å². The highest BCUT2D eigenvalue weighted by Crippen LogP contribution is 2.30. The van der Waals surface area contributed by atoms with Gasteiger partial charge in [-0.05, 0) is 54.1 Å². The summed E-state index contributed by atoms with van der Waals surface area (Å²) < 4.78 is 14.0. The third kappa shape index (κ3) is 5.92. The van der Waals surface area contributed by atoms with Crippen LogP contribution in [0.4, 0.5) is 4.39 Å². The van der Waals surface area contributed by atoms with Gasteiger partial charge in [0.25, 0.3) is 0 Å². The Bertz CT molecular complexity index is 903. The van der Waals surface area contributed by atoms with Crippen molar-refractivity contribution in [2.24, 2.45) is 16.3 Å². The number of halogens is 2. The number of benzene rings is 2. The van der Waals surface area contributed by atoms with Gasteiger partial charge in [0.1, 0.15) is 5.82 Å². The molecule has 0 radical (unpaired) electrons. The van der Waals surface area contributed by atoms with Crippen LogP contribution in [0.1, 0.15) is 18.4 Å². The summed E-state index contributed by atoms with van der Waals surface area (Å²) >= 11 is 5.94. The van der Waals surface area contributed by atoms with E-state index < -0.39 is 24.0 Å². The molecular formula is C20H22ClFN4O3. The lowest BCUT2D eigenvalue weighted by Crippen LogP contribution is -2.42. The Balaban J connectivity index is 2.11. The molecule has 0 aromatic heterocycles. The third-order valence-electron chi connectivity index (χ3n) is 4.85. The molecule has 0 saturated heterocycles. The molecule has 1 unspecified atom stereocenters. The second-order valence-corrected chi connectivity index (χ2v) is 7.37. The van der Waals surface area contributed by atoms with E-state index in [-0.39, 0.29) is 25.2 Å². The summed E-state index contributed by atoms with van der Waals surface area (Å²) in [6.07, 6.45) is 0.378. The summed E-state index contributed by atoms with van der Waals surface area (Å²) in [6, 6.07) is 10.9. The van der Waals surface area contributed by atoms with Gasteiger partial charge in [-0.15, -0.1) is 0 Å². The molecule has 154 valence electrons. The van der Waals surface area contributed by atoms with Crippen molar-refractivity contribution in [3.8, 4) is 11.1 Å². The SMILES string of the molecule is [N-]=[N+]=NCC[C@](CO)(CC(N)Cc1ccc(-c2cc(Cl)ccc2F)cc1)C(=O)O. The Morgan fingerprint density at radius 3 is 2.59 bits per heavy atom. The van der Waals surface area contributed by atoms with E-state index in [1.54, 1.807) is 30.3 Å². The van der Waals surface area contributed by atoms with E-state index in [9.17, 15) is 19.4 Å². The van der Waals surface area contributed by atoms with Crippen LogP contribution in [0, 0.1) is 11.2 Å². The van der Waals surface area contributed by atoms with Crippen molar-refractivity contribution in [1.82, 2.24) is 0 Å². The van der Waals surface area contributed by atoms with Crippen molar-refractivity contribution in [2.45, 2.75) is 25.3 Å². The van der Waals surface area contributed by atoms with E-state index in [0.29, 0.717) is 22.6 Å². The van der Waals surface area contributed by atoms with Gasteiger partial charge in [0.15, 0.2) is 0 Å².